The summed E-state index contributed by atoms with van der Waals surface area (Å²) in [6.45, 7) is 3.08. The third-order valence-corrected chi connectivity index (χ3v) is 7.25. The van der Waals surface area contributed by atoms with Gasteiger partial charge in [0, 0.05) is 12.6 Å². The Morgan fingerprint density at radius 1 is 1.10 bits per heavy atom. The first kappa shape index (κ1) is 20.2. The zero-order valence-electron chi connectivity index (χ0n) is 17.9. The van der Waals surface area contributed by atoms with E-state index in [-0.39, 0.29) is 18.5 Å². The third-order valence-electron chi connectivity index (χ3n) is 7.25. The highest BCUT2D eigenvalue weighted by Crippen LogP contribution is 2.38. The van der Waals surface area contributed by atoms with Crippen LogP contribution in [-0.2, 0) is 15.1 Å². The van der Waals surface area contributed by atoms with Crippen LogP contribution in [0.4, 0.5) is 4.79 Å². The van der Waals surface area contributed by atoms with E-state index in [4.69, 9.17) is 9.47 Å². The second-order valence-corrected chi connectivity index (χ2v) is 9.15. The van der Waals surface area contributed by atoms with Crippen molar-refractivity contribution in [1.29, 1.82) is 0 Å². The van der Waals surface area contributed by atoms with Crippen LogP contribution in [0.1, 0.15) is 51.0 Å². The number of urea groups is 1. The Balaban J connectivity index is 1.33. The summed E-state index contributed by atoms with van der Waals surface area (Å²) in [5, 5.41) is 2.79. The molecule has 1 aromatic carbocycles. The standard InChI is InChI=1S/C23H29N3O5/c1-23(16-8-9-18-19(13-16)31-12-11-30-18)21(28)26(22(29)24-23)14-20(27)25-10-4-6-15-5-2-3-7-17(15)25/h8-9,13,15,17H,2-7,10-12,14H2,1H3,(H,24,29)/t15-,17-,23-/m0/s1. The van der Waals surface area contributed by atoms with Crippen molar-refractivity contribution in [3.63, 3.8) is 0 Å². The van der Waals surface area contributed by atoms with E-state index in [2.05, 4.69) is 5.32 Å². The fourth-order valence-electron chi connectivity index (χ4n) is 5.55. The monoisotopic (exact) mass is 427 g/mol. The average molecular weight is 428 g/mol. The molecule has 3 fully saturated rings. The van der Waals surface area contributed by atoms with Gasteiger partial charge in [0.15, 0.2) is 11.5 Å². The summed E-state index contributed by atoms with van der Waals surface area (Å²) in [5.74, 6) is 1.18. The maximum Gasteiger partial charge on any atom is 0.325 e. The van der Waals surface area contributed by atoms with Crippen LogP contribution in [0.15, 0.2) is 18.2 Å². The molecule has 0 radical (unpaired) electrons. The van der Waals surface area contributed by atoms with Crippen LogP contribution in [0, 0.1) is 5.92 Å². The van der Waals surface area contributed by atoms with E-state index in [0.29, 0.717) is 42.7 Å². The zero-order chi connectivity index (χ0) is 21.6. The van der Waals surface area contributed by atoms with Crippen LogP contribution in [0.5, 0.6) is 11.5 Å². The van der Waals surface area contributed by atoms with Gasteiger partial charge in [-0.05, 0) is 56.2 Å². The molecule has 4 amide bonds. The molecular weight excluding hydrogens is 398 g/mol. The molecule has 3 aliphatic heterocycles. The predicted molar refractivity (Wildman–Crippen MR) is 112 cm³/mol. The molecule has 31 heavy (non-hydrogen) atoms. The lowest BCUT2D eigenvalue weighted by atomic mass is 9.78. The van der Waals surface area contributed by atoms with Crippen molar-refractivity contribution in [1.82, 2.24) is 15.1 Å². The molecule has 2 saturated heterocycles. The highest BCUT2D eigenvalue weighted by atomic mass is 16.6. The van der Waals surface area contributed by atoms with Gasteiger partial charge in [0.2, 0.25) is 5.91 Å². The van der Waals surface area contributed by atoms with Crippen LogP contribution in [0.25, 0.3) is 0 Å². The number of fused-ring (bicyclic) bond motifs is 2. The molecule has 166 valence electrons. The minimum atomic E-state index is -1.25. The summed E-state index contributed by atoms with van der Waals surface area (Å²) in [6, 6.07) is 4.95. The Morgan fingerprint density at radius 3 is 2.68 bits per heavy atom. The van der Waals surface area contributed by atoms with Crippen LogP contribution in [0.2, 0.25) is 0 Å². The van der Waals surface area contributed by atoms with Crippen molar-refractivity contribution in [2.24, 2.45) is 5.92 Å². The number of hydrogen-bond donors (Lipinski definition) is 1. The van der Waals surface area contributed by atoms with E-state index in [1.807, 2.05) is 4.90 Å². The Labute approximate surface area is 181 Å². The molecule has 8 nitrogen and oxygen atoms in total. The molecular formula is C23H29N3O5. The maximum atomic E-state index is 13.3. The van der Waals surface area contributed by atoms with E-state index in [0.717, 1.165) is 24.2 Å². The van der Waals surface area contributed by atoms with Crippen LogP contribution in [-0.4, -0.2) is 60.0 Å². The van der Waals surface area contributed by atoms with E-state index < -0.39 is 17.5 Å². The Bertz CT molecular complexity index is 916. The highest BCUT2D eigenvalue weighted by Gasteiger charge is 2.50. The van der Waals surface area contributed by atoms with Gasteiger partial charge in [-0.2, -0.15) is 0 Å². The highest BCUT2D eigenvalue weighted by molar-refractivity contribution is 6.09. The lowest BCUT2D eigenvalue weighted by Gasteiger charge is -2.44. The third kappa shape index (κ3) is 3.42. The van der Waals surface area contributed by atoms with Gasteiger partial charge in [-0.25, -0.2) is 4.79 Å². The van der Waals surface area contributed by atoms with Crippen LogP contribution >= 0.6 is 0 Å². The number of ether oxygens (including phenoxy) is 2. The molecule has 3 atom stereocenters. The van der Waals surface area contributed by atoms with Crippen molar-refractivity contribution in [2.45, 2.75) is 57.0 Å². The number of nitrogens with zero attached hydrogens (tertiary/aromatic N) is 2. The second-order valence-electron chi connectivity index (χ2n) is 9.15. The van der Waals surface area contributed by atoms with E-state index in [9.17, 15) is 14.4 Å². The molecule has 5 rings (SSSR count). The van der Waals surface area contributed by atoms with Crippen molar-refractivity contribution >= 4 is 17.8 Å². The Kier molecular flexibility index (Phi) is 5.02. The number of carbonyl (C=O) groups excluding carboxylic acids is 3. The minimum Gasteiger partial charge on any atom is -0.486 e. The molecule has 4 aliphatic rings. The Morgan fingerprint density at radius 2 is 1.84 bits per heavy atom. The summed E-state index contributed by atoms with van der Waals surface area (Å²) in [6.07, 6.45) is 6.70. The normalized spacial score (nSPS) is 30.1. The summed E-state index contributed by atoms with van der Waals surface area (Å²) in [7, 11) is 0. The molecule has 1 aliphatic carbocycles. The van der Waals surface area contributed by atoms with Crippen molar-refractivity contribution in [3.8, 4) is 11.5 Å². The molecule has 8 heteroatoms. The molecule has 3 heterocycles. The molecule has 0 unspecified atom stereocenters. The van der Waals surface area contributed by atoms with Crippen molar-refractivity contribution in [3.05, 3.63) is 23.8 Å². The number of nitrogens with one attached hydrogen (secondary N) is 1. The number of hydrogen-bond acceptors (Lipinski definition) is 5. The van der Waals surface area contributed by atoms with Crippen molar-refractivity contribution in [2.75, 3.05) is 26.3 Å². The first-order valence-corrected chi connectivity index (χ1v) is 11.3. The Hall–Kier alpha value is -2.77. The van der Waals surface area contributed by atoms with E-state index in [1.165, 1.54) is 19.3 Å². The quantitative estimate of drug-likeness (QED) is 0.749. The lowest BCUT2D eigenvalue weighted by molar-refractivity contribution is -0.142. The number of amides is 4. The van der Waals surface area contributed by atoms with Crippen molar-refractivity contribution < 1.29 is 23.9 Å². The molecule has 1 N–H and O–H groups in total. The number of likely N-dealkylation sites (tertiary alicyclic amines) is 1. The summed E-state index contributed by atoms with van der Waals surface area (Å²) < 4.78 is 11.2. The largest absolute Gasteiger partial charge is 0.486 e. The number of piperidine rings is 1. The molecule has 0 spiro atoms. The predicted octanol–water partition coefficient (Wildman–Crippen LogP) is 2.41. The lowest BCUT2D eigenvalue weighted by Crippen LogP contribution is -2.53. The zero-order valence-corrected chi connectivity index (χ0v) is 17.9. The first-order chi connectivity index (χ1) is 15.0. The second kappa shape index (κ2) is 7.73. The maximum absolute atomic E-state index is 13.3. The average Bonchev–Trinajstić information content (AvgIpc) is 3.02. The van der Waals surface area contributed by atoms with Gasteiger partial charge in [-0.3, -0.25) is 14.5 Å². The number of benzene rings is 1. The van der Waals surface area contributed by atoms with Gasteiger partial charge >= 0.3 is 6.03 Å². The number of carbonyl (C=O) groups is 3. The van der Waals surface area contributed by atoms with Gasteiger partial charge in [-0.1, -0.05) is 18.9 Å². The fourth-order valence-corrected chi connectivity index (χ4v) is 5.55. The van der Waals surface area contributed by atoms with E-state index >= 15 is 0 Å². The molecule has 0 bridgehead atoms. The van der Waals surface area contributed by atoms with Gasteiger partial charge in [0.25, 0.3) is 5.91 Å². The molecule has 1 saturated carbocycles. The van der Waals surface area contributed by atoms with Crippen LogP contribution < -0.4 is 14.8 Å². The van der Waals surface area contributed by atoms with Gasteiger partial charge < -0.3 is 19.7 Å². The van der Waals surface area contributed by atoms with Gasteiger partial charge in [0.05, 0.1) is 0 Å². The fraction of sp³-hybridized carbons (Fsp3) is 0.609. The smallest absolute Gasteiger partial charge is 0.325 e. The SMILES string of the molecule is C[C@@]1(c2ccc3c(c2)OCCO3)NC(=O)N(CC(=O)N2CCC[C@@H]3CCCC[C@@H]32)C1=O. The molecule has 0 aromatic heterocycles. The van der Waals surface area contributed by atoms with Crippen LogP contribution in [0.3, 0.4) is 0 Å². The summed E-state index contributed by atoms with van der Waals surface area (Å²) >= 11 is 0. The number of imide groups is 1. The summed E-state index contributed by atoms with van der Waals surface area (Å²) in [4.78, 5) is 42.2. The van der Waals surface area contributed by atoms with E-state index in [1.54, 1.807) is 25.1 Å². The minimum absolute atomic E-state index is 0.133. The number of rotatable bonds is 3. The summed E-state index contributed by atoms with van der Waals surface area (Å²) in [5.41, 5.74) is -0.641. The first-order valence-electron chi connectivity index (χ1n) is 11.3. The van der Waals surface area contributed by atoms with Gasteiger partial charge in [0.1, 0.15) is 25.3 Å². The van der Waals surface area contributed by atoms with Gasteiger partial charge in [-0.15, -0.1) is 0 Å². The molecule has 1 aromatic rings. The topological polar surface area (TPSA) is 88.2 Å².